The molecule has 0 aliphatic heterocycles. The smallest absolute Gasteiger partial charge is 0.406 e. The van der Waals surface area contributed by atoms with E-state index in [9.17, 15) is 18.5 Å². The molecule has 1 heterocycles. The SMILES string of the molecule is NS(=O)(=O)c1cnc([N+](=O)[O-])c(OC2CC2)c1. The summed E-state index contributed by atoms with van der Waals surface area (Å²) in [5, 5.41) is 15.6. The number of hydrogen-bond acceptors (Lipinski definition) is 6. The summed E-state index contributed by atoms with van der Waals surface area (Å²) in [6.45, 7) is 0. The van der Waals surface area contributed by atoms with Crippen molar-refractivity contribution in [3.63, 3.8) is 0 Å². The molecule has 2 rings (SSSR count). The molecule has 0 spiro atoms. The molecule has 17 heavy (non-hydrogen) atoms. The minimum absolute atomic E-state index is 0.105. The zero-order valence-corrected chi connectivity index (χ0v) is 9.38. The quantitative estimate of drug-likeness (QED) is 0.607. The van der Waals surface area contributed by atoms with E-state index >= 15 is 0 Å². The average molecular weight is 259 g/mol. The van der Waals surface area contributed by atoms with Crippen LogP contribution < -0.4 is 9.88 Å². The molecule has 8 nitrogen and oxygen atoms in total. The Balaban J connectivity index is 2.45. The summed E-state index contributed by atoms with van der Waals surface area (Å²) in [6.07, 6.45) is 2.31. The zero-order valence-electron chi connectivity index (χ0n) is 8.57. The molecule has 2 N–H and O–H groups in total. The number of primary sulfonamides is 1. The minimum Gasteiger partial charge on any atom is -0.482 e. The van der Waals surface area contributed by atoms with Crippen LogP contribution in [0.15, 0.2) is 17.2 Å². The molecule has 1 aromatic rings. The van der Waals surface area contributed by atoms with Crippen LogP contribution in [0.3, 0.4) is 0 Å². The Morgan fingerprint density at radius 1 is 1.53 bits per heavy atom. The van der Waals surface area contributed by atoms with Gasteiger partial charge in [-0.1, -0.05) is 0 Å². The van der Waals surface area contributed by atoms with Gasteiger partial charge in [-0.05, 0) is 22.7 Å². The lowest BCUT2D eigenvalue weighted by molar-refractivity contribution is -0.390. The molecular formula is C8H9N3O5S. The maximum absolute atomic E-state index is 11.1. The van der Waals surface area contributed by atoms with Crippen LogP contribution in [-0.2, 0) is 10.0 Å². The highest BCUT2D eigenvalue weighted by molar-refractivity contribution is 7.89. The van der Waals surface area contributed by atoms with E-state index in [-0.39, 0.29) is 16.7 Å². The lowest BCUT2D eigenvalue weighted by Gasteiger charge is -2.05. The van der Waals surface area contributed by atoms with Crippen molar-refractivity contribution in [3.8, 4) is 5.75 Å². The summed E-state index contributed by atoms with van der Waals surface area (Å²) in [7, 11) is -3.95. The first-order valence-electron chi connectivity index (χ1n) is 4.72. The van der Waals surface area contributed by atoms with E-state index < -0.39 is 20.8 Å². The van der Waals surface area contributed by atoms with Gasteiger partial charge in [-0.2, -0.15) is 0 Å². The Bertz CT molecular complexity index is 567. The topological polar surface area (TPSA) is 125 Å². The van der Waals surface area contributed by atoms with Crippen LogP contribution in [0.4, 0.5) is 5.82 Å². The number of hydrogen-bond donors (Lipinski definition) is 1. The third-order valence-electron chi connectivity index (χ3n) is 2.13. The van der Waals surface area contributed by atoms with Crippen molar-refractivity contribution in [3.05, 3.63) is 22.4 Å². The summed E-state index contributed by atoms with van der Waals surface area (Å²) in [6, 6.07) is 1.03. The van der Waals surface area contributed by atoms with Crippen molar-refractivity contribution in [1.29, 1.82) is 0 Å². The van der Waals surface area contributed by atoms with Gasteiger partial charge in [0.15, 0.2) is 6.20 Å². The number of nitro groups is 1. The fourth-order valence-electron chi connectivity index (χ4n) is 1.16. The van der Waals surface area contributed by atoms with Crippen LogP contribution >= 0.6 is 0 Å². The molecule has 0 atom stereocenters. The second-order valence-electron chi connectivity index (χ2n) is 3.61. The maximum Gasteiger partial charge on any atom is 0.406 e. The fourth-order valence-corrected chi connectivity index (χ4v) is 1.64. The Morgan fingerprint density at radius 2 is 2.18 bits per heavy atom. The third-order valence-corrected chi connectivity index (χ3v) is 3.01. The van der Waals surface area contributed by atoms with Gasteiger partial charge in [0.2, 0.25) is 15.8 Å². The molecule has 0 aromatic carbocycles. The van der Waals surface area contributed by atoms with Crippen molar-refractivity contribution in [1.82, 2.24) is 4.98 Å². The molecule has 0 amide bonds. The summed E-state index contributed by atoms with van der Waals surface area (Å²) >= 11 is 0. The van der Waals surface area contributed by atoms with Gasteiger partial charge in [-0.15, -0.1) is 0 Å². The van der Waals surface area contributed by atoms with Gasteiger partial charge in [-0.3, -0.25) is 0 Å². The molecule has 1 fully saturated rings. The van der Waals surface area contributed by atoms with Crippen LogP contribution in [0.2, 0.25) is 0 Å². The van der Waals surface area contributed by atoms with Gasteiger partial charge in [0.05, 0.1) is 6.10 Å². The van der Waals surface area contributed by atoms with Crippen LogP contribution in [0.25, 0.3) is 0 Å². The largest absolute Gasteiger partial charge is 0.482 e. The Kier molecular flexibility index (Phi) is 2.71. The van der Waals surface area contributed by atoms with Crippen molar-refractivity contribution in [2.75, 3.05) is 0 Å². The normalized spacial score (nSPS) is 15.6. The predicted molar refractivity (Wildman–Crippen MR) is 55.9 cm³/mol. The van der Waals surface area contributed by atoms with Gasteiger partial charge in [-0.25, -0.2) is 13.6 Å². The zero-order chi connectivity index (χ0) is 12.6. The molecule has 0 bridgehead atoms. The van der Waals surface area contributed by atoms with Gasteiger partial charge in [0.25, 0.3) is 0 Å². The second kappa shape index (κ2) is 3.93. The molecule has 1 aliphatic rings. The van der Waals surface area contributed by atoms with E-state index in [0.29, 0.717) is 0 Å². The van der Waals surface area contributed by atoms with E-state index in [4.69, 9.17) is 9.88 Å². The highest BCUT2D eigenvalue weighted by atomic mass is 32.2. The number of pyridine rings is 1. The highest BCUT2D eigenvalue weighted by Crippen LogP contribution is 2.33. The molecule has 92 valence electrons. The van der Waals surface area contributed by atoms with E-state index in [1.807, 2.05) is 0 Å². The lowest BCUT2D eigenvalue weighted by atomic mass is 10.4. The molecular weight excluding hydrogens is 250 g/mol. The van der Waals surface area contributed by atoms with Crippen molar-refractivity contribution < 1.29 is 18.1 Å². The van der Waals surface area contributed by atoms with Crippen LogP contribution in [0, 0.1) is 10.1 Å². The van der Waals surface area contributed by atoms with E-state index in [1.54, 1.807) is 0 Å². The summed E-state index contributed by atoms with van der Waals surface area (Å²) < 4.78 is 27.4. The monoisotopic (exact) mass is 259 g/mol. The molecule has 1 saturated carbocycles. The second-order valence-corrected chi connectivity index (χ2v) is 5.17. The third kappa shape index (κ3) is 2.68. The first kappa shape index (κ1) is 11.7. The molecule has 0 radical (unpaired) electrons. The lowest BCUT2D eigenvalue weighted by Crippen LogP contribution is -2.13. The molecule has 9 heteroatoms. The maximum atomic E-state index is 11.1. The highest BCUT2D eigenvalue weighted by Gasteiger charge is 2.29. The van der Waals surface area contributed by atoms with Gasteiger partial charge in [0.1, 0.15) is 4.90 Å². The van der Waals surface area contributed by atoms with E-state index in [0.717, 1.165) is 25.1 Å². The van der Waals surface area contributed by atoms with Crippen LogP contribution in [-0.4, -0.2) is 24.4 Å². The Morgan fingerprint density at radius 3 is 2.65 bits per heavy atom. The Hall–Kier alpha value is -1.74. The number of nitrogens with zero attached hydrogens (tertiary/aromatic N) is 2. The van der Waals surface area contributed by atoms with Crippen molar-refractivity contribution >= 4 is 15.8 Å². The van der Waals surface area contributed by atoms with Crippen LogP contribution in [0.1, 0.15) is 12.8 Å². The van der Waals surface area contributed by atoms with Crippen LogP contribution in [0.5, 0.6) is 5.75 Å². The van der Waals surface area contributed by atoms with Gasteiger partial charge < -0.3 is 14.9 Å². The number of ether oxygens (including phenoxy) is 1. The number of sulfonamides is 1. The number of rotatable bonds is 4. The first-order valence-corrected chi connectivity index (χ1v) is 6.26. The minimum atomic E-state index is -3.95. The summed E-state index contributed by atoms with van der Waals surface area (Å²) in [5.41, 5.74) is 0. The van der Waals surface area contributed by atoms with Crippen molar-refractivity contribution in [2.24, 2.45) is 5.14 Å². The van der Waals surface area contributed by atoms with Crippen molar-refractivity contribution in [2.45, 2.75) is 23.8 Å². The van der Waals surface area contributed by atoms with Gasteiger partial charge in [0, 0.05) is 6.07 Å². The molecule has 0 unspecified atom stereocenters. The van der Waals surface area contributed by atoms with Gasteiger partial charge >= 0.3 is 5.82 Å². The van der Waals surface area contributed by atoms with E-state index in [1.165, 1.54) is 0 Å². The molecule has 1 aliphatic carbocycles. The Labute approximate surface area is 96.6 Å². The average Bonchev–Trinajstić information content (AvgIpc) is 2.99. The summed E-state index contributed by atoms with van der Waals surface area (Å²) in [4.78, 5) is 13.1. The number of nitrogens with two attached hydrogens (primary N) is 1. The fraction of sp³-hybridized carbons (Fsp3) is 0.375. The number of aromatic nitrogens is 1. The standard InChI is InChI=1S/C8H9N3O5S/c9-17(14,15)6-3-7(16-5-1-2-5)8(10-4-6)11(12)13/h3-5H,1-2H2,(H2,9,14,15). The molecule has 0 saturated heterocycles. The summed E-state index contributed by atoms with van der Waals surface area (Å²) in [5.74, 6) is -0.673. The predicted octanol–water partition coefficient (Wildman–Crippen LogP) is 0.178. The molecule has 1 aromatic heterocycles. The van der Waals surface area contributed by atoms with E-state index in [2.05, 4.69) is 4.98 Å². The first-order chi connectivity index (χ1) is 7.88.